The molecule has 0 fully saturated rings. The minimum Gasteiger partial charge on any atom is -0.467 e. The summed E-state index contributed by atoms with van der Waals surface area (Å²) >= 11 is 1.55. The molecule has 9 heteroatoms. The van der Waals surface area contributed by atoms with Gasteiger partial charge < -0.3 is 10.1 Å². The van der Waals surface area contributed by atoms with Crippen molar-refractivity contribution in [3.63, 3.8) is 0 Å². The summed E-state index contributed by atoms with van der Waals surface area (Å²) in [4.78, 5) is 24.7. The van der Waals surface area contributed by atoms with E-state index in [1.54, 1.807) is 38.6 Å². The smallest absolute Gasteiger partial charge is 0.328 e. The van der Waals surface area contributed by atoms with Crippen LogP contribution in [0.5, 0.6) is 0 Å². The quantitative estimate of drug-likeness (QED) is 0.587. The molecule has 0 aromatic heterocycles. The van der Waals surface area contributed by atoms with Gasteiger partial charge in [-0.3, -0.25) is 4.79 Å². The maximum atomic E-state index is 12.7. The summed E-state index contributed by atoms with van der Waals surface area (Å²) in [6.07, 6.45) is 2.33. The van der Waals surface area contributed by atoms with Crippen LogP contribution in [0, 0.1) is 6.92 Å². The van der Waals surface area contributed by atoms with E-state index in [0.717, 1.165) is 0 Å². The molecule has 152 valence electrons. The van der Waals surface area contributed by atoms with Crippen LogP contribution < -0.4 is 5.32 Å². The lowest BCUT2D eigenvalue weighted by Gasteiger charge is -2.20. The Labute approximate surface area is 165 Å². The fourth-order valence-electron chi connectivity index (χ4n) is 2.58. The Morgan fingerprint density at radius 1 is 1.26 bits per heavy atom. The highest BCUT2D eigenvalue weighted by atomic mass is 32.2. The summed E-state index contributed by atoms with van der Waals surface area (Å²) in [6, 6.07) is 3.67. The zero-order valence-corrected chi connectivity index (χ0v) is 18.1. The second-order valence-corrected chi connectivity index (χ2v) is 8.82. The van der Waals surface area contributed by atoms with Crippen LogP contribution in [0.2, 0.25) is 0 Å². The summed E-state index contributed by atoms with van der Waals surface area (Å²) in [5.41, 5.74) is 0.848. The number of thioether (sulfide) groups is 1. The maximum Gasteiger partial charge on any atom is 0.328 e. The molecule has 0 aliphatic carbocycles. The van der Waals surface area contributed by atoms with Crippen molar-refractivity contribution < 1.29 is 22.7 Å². The Balaban J connectivity index is 3.18. The molecule has 0 spiro atoms. The van der Waals surface area contributed by atoms with Crippen molar-refractivity contribution in [2.75, 3.05) is 32.2 Å². The maximum absolute atomic E-state index is 12.7. The molecule has 1 amide bonds. The van der Waals surface area contributed by atoms with Gasteiger partial charge in [0.15, 0.2) is 0 Å². The number of sulfonamides is 1. The molecule has 1 N–H and O–H groups in total. The number of carbonyl (C=O) groups excluding carboxylic acids is 2. The van der Waals surface area contributed by atoms with E-state index >= 15 is 0 Å². The van der Waals surface area contributed by atoms with Gasteiger partial charge in [-0.1, -0.05) is 19.9 Å². The second kappa shape index (κ2) is 10.7. The van der Waals surface area contributed by atoms with Gasteiger partial charge in [0.05, 0.1) is 12.0 Å². The third-order valence-corrected chi connectivity index (χ3v) is 6.89. The Kier molecular flexibility index (Phi) is 9.28. The molecule has 0 heterocycles. The van der Waals surface area contributed by atoms with Gasteiger partial charge in [-0.05, 0) is 43.0 Å². The van der Waals surface area contributed by atoms with Crippen molar-refractivity contribution in [3.8, 4) is 0 Å². The van der Waals surface area contributed by atoms with E-state index in [0.29, 0.717) is 30.8 Å². The highest BCUT2D eigenvalue weighted by Gasteiger charge is 2.26. The van der Waals surface area contributed by atoms with Crippen LogP contribution in [0.15, 0.2) is 23.1 Å². The van der Waals surface area contributed by atoms with Crippen LogP contribution >= 0.6 is 11.8 Å². The van der Waals surface area contributed by atoms with Gasteiger partial charge in [0.25, 0.3) is 5.91 Å². The normalized spacial score (nSPS) is 12.7. The van der Waals surface area contributed by atoms with Gasteiger partial charge in [-0.25, -0.2) is 13.2 Å². The third kappa shape index (κ3) is 5.95. The first kappa shape index (κ1) is 23.5. The molecule has 0 unspecified atom stereocenters. The molecule has 1 aromatic carbocycles. The number of nitrogens with one attached hydrogen (secondary N) is 1. The first-order valence-corrected chi connectivity index (χ1v) is 11.5. The SMILES string of the molecule is CCN(CC)S(=O)(=O)c1ccc(C)c(C(=O)N[C@H](CCSC)C(=O)OC)c1. The fraction of sp³-hybridized carbons (Fsp3) is 0.556. The highest BCUT2D eigenvalue weighted by Crippen LogP contribution is 2.20. The number of rotatable bonds is 10. The minimum absolute atomic E-state index is 0.0562. The number of amides is 1. The van der Waals surface area contributed by atoms with Crippen molar-refractivity contribution in [3.05, 3.63) is 29.3 Å². The zero-order valence-electron chi connectivity index (χ0n) is 16.4. The van der Waals surface area contributed by atoms with Crippen LogP contribution in [0.4, 0.5) is 0 Å². The molecule has 1 atom stereocenters. The van der Waals surface area contributed by atoms with Crippen LogP contribution in [0.1, 0.15) is 36.2 Å². The molecule has 1 aromatic rings. The second-order valence-electron chi connectivity index (χ2n) is 5.90. The lowest BCUT2D eigenvalue weighted by molar-refractivity contribution is -0.142. The molecular weight excluding hydrogens is 388 g/mol. The topological polar surface area (TPSA) is 92.8 Å². The van der Waals surface area contributed by atoms with Crippen molar-refractivity contribution >= 4 is 33.7 Å². The van der Waals surface area contributed by atoms with Gasteiger partial charge in [-0.2, -0.15) is 16.1 Å². The average molecular weight is 417 g/mol. The number of methoxy groups -OCH3 is 1. The molecule has 0 radical (unpaired) electrons. The molecule has 0 aliphatic rings. The van der Waals surface area contributed by atoms with Crippen LogP contribution in [-0.2, 0) is 19.6 Å². The van der Waals surface area contributed by atoms with Gasteiger partial charge in [0.2, 0.25) is 10.0 Å². The van der Waals surface area contributed by atoms with Gasteiger partial charge in [0.1, 0.15) is 6.04 Å². The standard InChI is InChI=1S/C18H28N2O5S2/c1-6-20(7-2)27(23,24)14-9-8-13(3)15(12-14)17(21)19-16(10-11-26-5)18(22)25-4/h8-9,12,16H,6-7,10-11H2,1-5H3,(H,19,21)/t16-/m1/s1. The summed E-state index contributed by atoms with van der Waals surface area (Å²) < 4.78 is 31.5. The molecule has 0 aliphatic heterocycles. The Morgan fingerprint density at radius 3 is 2.41 bits per heavy atom. The Hall–Kier alpha value is -1.58. The van der Waals surface area contributed by atoms with Crippen LogP contribution in [-0.4, -0.2) is 62.8 Å². The van der Waals surface area contributed by atoms with E-state index in [9.17, 15) is 18.0 Å². The molecule has 27 heavy (non-hydrogen) atoms. The van der Waals surface area contributed by atoms with E-state index in [2.05, 4.69) is 5.32 Å². The first-order chi connectivity index (χ1) is 12.7. The zero-order chi connectivity index (χ0) is 20.6. The fourth-order valence-corrected chi connectivity index (χ4v) is 4.54. The highest BCUT2D eigenvalue weighted by molar-refractivity contribution is 7.98. The van der Waals surface area contributed by atoms with Crippen LogP contribution in [0.25, 0.3) is 0 Å². The minimum atomic E-state index is -3.68. The van der Waals surface area contributed by atoms with Crippen molar-refractivity contribution in [1.82, 2.24) is 9.62 Å². The van der Waals surface area contributed by atoms with E-state index in [4.69, 9.17) is 4.74 Å². The predicted octanol–water partition coefficient (Wildman–Crippen LogP) is 2.05. The predicted molar refractivity (Wildman–Crippen MR) is 108 cm³/mol. The molecule has 7 nitrogen and oxygen atoms in total. The largest absolute Gasteiger partial charge is 0.467 e. The summed E-state index contributed by atoms with van der Waals surface area (Å²) in [5.74, 6) is -0.349. The molecule has 0 saturated heterocycles. The molecular formula is C18H28N2O5S2. The monoisotopic (exact) mass is 416 g/mol. The number of esters is 1. The molecule has 0 bridgehead atoms. The van der Waals surface area contributed by atoms with Gasteiger partial charge in [0, 0.05) is 18.7 Å². The molecule has 1 rings (SSSR count). The van der Waals surface area contributed by atoms with E-state index in [1.165, 1.54) is 23.5 Å². The summed E-state index contributed by atoms with van der Waals surface area (Å²) in [7, 11) is -2.41. The lowest BCUT2D eigenvalue weighted by atomic mass is 10.1. The molecule has 0 saturated carbocycles. The lowest BCUT2D eigenvalue weighted by Crippen LogP contribution is -2.42. The van der Waals surface area contributed by atoms with Crippen molar-refractivity contribution in [2.45, 2.75) is 38.1 Å². The number of aryl methyl sites for hydroxylation is 1. The van der Waals surface area contributed by atoms with Crippen molar-refractivity contribution in [1.29, 1.82) is 0 Å². The summed E-state index contributed by atoms with van der Waals surface area (Å²) in [6.45, 7) is 5.92. The number of ether oxygens (including phenoxy) is 1. The summed E-state index contributed by atoms with van der Waals surface area (Å²) in [5, 5.41) is 2.66. The Morgan fingerprint density at radius 2 is 1.89 bits per heavy atom. The number of carbonyl (C=O) groups is 2. The van der Waals surface area contributed by atoms with Gasteiger partial charge in [-0.15, -0.1) is 0 Å². The number of hydrogen-bond acceptors (Lipinski definition) is 6. The van der Waals surface area contributed by atoms with Crippen LogP contribution in [0.3, 0.4) is 0 Å². The first-order valence-electron chi connectivity index (χ1n) is 8.71. The van der Waals surface area contributed by atoms with Gasteiger partial charge >= 0.3 is 5.97 Å². The number of benzene rings is 1. The number of hydrogen-bond donors (Lipinski definition) is 1. The average Bonchev–Trinajstić information content (AvgIpc) is 2.65. The van der Waals surface area contributed by atoms with Crippen molar-refractivity contribution in [2.24, 2.45) is 0 Å². The third-order valence-electron chi connectivity index (χ3n) is 4.20. The Bertz CT molecular complexity index is 761. The van der Waals surface area contributed by atoms with E-state index in [1.807, 2.05) is 6.26 Å². The van der Waals surface area contributed by atoms with E-state index in [-0.39, 0.29) is 10.5 Å². The van der Waals surface area contributed by atoms with E-state index < -0.39 is 27.9 Å². The number of nitrogens with zero attached hydrogens (tertiary/aromatic N) is 1.